The van der Waals surface area contributed by atoms with Gasteiger partial charge < -0.3 is 14.6 Å². The highest BCUT2D eigenvalue weighted by atomic mass is 32.1. The monoisotopic (exact) mass is 503 g/mol. The summed E-state index contributed by atoms with van der Waals surface area (Å²) in [6.07, 6.45) is 9.61. The third-order valence-electron chi connectivity index (χ3n) is 5.60. The van der Waals surface area contributed by atoms with Gasteiger partial charge in [0.15, 0.2) is 0 Å². The van der Waals surface area contributed by atoms with Crippen molar-refractivity contribution in [2.45, 2.75) is 46.1 Å². The SMILES string of the molecule is Cc1cc(OC2=CCCC=C2)ccc1-n1c(=O)nc2c(=C(O)C(=O)OC(C)(C)C)sc3nccc1c32. The molecule has 1 aliphatic carbocycles. The van der Waals surface area contributed by atoms with Crippen LogP contribution >= 0.6 is 11.3 Å². The molecule has 5 rings (SSSR count). The van der Waals surface area contributed by atoms with Crippen LogP contribution in [0.2, 0.25) is 0 Å². The van der Waals surface area contributed by atoms with Crippen LogP contribution in [-0.2, 0) is 9.53 Å². The van der Waals surface area contributed by atoms with E-state index >= 15 is 0 Å². The molecule has 1 aromatic carbocycles. The van der Waals surface area contributed by atoms with Crippen LogP contribution in [0.25, 0.3) is 32.7 Å². The van der Waals surface area contributed by atoms with Crippen LogP contribution in [0.15, 0.2) is 59.2 Å². The summed E-state index contributed by atoms with van der Waals surface area (Å²) in [5.41, 5.74) is 0.935. The van der Waals surface area contributed by atoms with E-state index in [-0.39, 0.29) is 10.0 Å². The number of esters is 1. The van der Waals surface area contributed by atoms with E-state index in [0.29, 0.717) is 27.2 Å². The van der Waals surface area contributed by atoms with Gasteiger partial charge in [-0.3, -0.25) is 4.57 Å². The van der Waals surface area contributed by atoms with Crippen LogP contribution in [0, 0.1) is 6.92 Å². The lowest BCUT2D eigenvalue weighted by atomic mass is 10.1. The number of hydrogen-bond donors (Lipinski definition) is 1. The number of hydrogen-bond acceptors (Lipinski definition) is 8. The van der Waals surface area contributed by atoms with Gasteiger partial charge in [0.1, 0.15) is 32.0 Å². The summed E-state index contributed by atoms with van der Waals surface area (Å²) in [7, 11) is 0. The Balaban J connectivity index is 1.65. The second kappa shape index (κ2) is 8.91. The Morgan fingerprint density at radius 2 is 2.00 bits per heavy atom. The maximum atomic E-state index is 13.3. The van der Waals surface area contributed by atoms with E-state index in [0.717, 1.165) is 35.5 Å². The molecule has 36 heavy (non-hydrogen) atoms. The molecular weight excluding hydrogens is 478 g/mol. The molecule has 1 N–H and O–H groups in total. The number of rotatable bonds is 4. The molecule has 0 atom stereocenters. The first-order valence-corrected chi connectivity index (χ1v) is 12.4. The van der Waals surface area contributed by atoms with Gasteiger partial charge in [-0.05, 0) is 82.5 Å². The number of ether oxygens (including phenoxy) is 2. The molecule has 3 aromatic heterocycles. The standard InChI is InChI=1S/C27H25N3O5S/c1-15-14-17(34-16-8-6-5-7-9-16)10-11-18(15)30-19-12-13-28-24-20(19)21(29-26(30)33)23(36-24)22(31)25(32)35-27(2,3)4/h6,8-14,31H,5,7H2,1-4H3. The minimum atomic E-state index is -0.883. The summed E-state index contributed by atoms with van der Waals surface area (Å²) >= 11 is 1.09. The van der Waals surface area contributed by atoms with Crippen LogP contribution in [0.3, 0.4) is 0 Å². The molecule has 0 aliphatic heterocycles. The molecule has 4 aromatic rings. The summed E-state index contributed by atoms with van der Waals surface area (Å²) in [4.78, 5) is 35.0. The van der Waals surface area contributed by atoms with E-state index in [2.05, 4.69) is 16.0 Å². The van der Waals surface area contributed by atoms with E-state index < -0.39 is 23.0 Å². The van der Waals surface area contributed by atoms with Gasteiger partial charge in [-0.2, -0.15) is 4.98 Å². The Bertz CT molecular complexity index is 1690. The highest BCUT2D eigenvalue weighted by Gasteiger charge is 2.24. The summed E-state index contributed by atoms with van der Waals surface area (Å²) in [6.45, 7) is 7.02. The Kier molecular flexibility index (Phi) is 5.88. The molecule has 0 amide bonds. The van der Waals surface area contributed by atoms with Crippen molar-refractivity contribution >= 4 is 44.3 Å². The minimum Gasteiger partial charge on any atom is -0.501 e. The number of aliphatic hydroxyl groups is 1. The van der Waals surface area contributed by atoms with Crippen molar-refractivity contribution in [3.63, 3.8) is 0 Å². The number of aliphatic hydroxyl groups excluding tert-OH is 1. The second-order valence-corrected chi connectivity index (χ2v) is 10.5. The third-order valence-corrected chi connectivity index (χ3v) is 6.69. The molecule has 0 fully saturated rings. The summed E-state index contributed by atoms with van der Waals surface area (Å²) < 4.78 is 12.9. The lowest BCUT2D eigenvalue weighted by Gasteiger charge is -2.18. The van der Waals surface area contributed by atoms with Crippen molar-refractivity contribution in [3.05, 3.63) is 75.0 Å². The lowest BCUT2D eigenvalue weighted by molar-refractivity contribution is -0.149. The quantitative estimate of drug-likeness (QED) is 0.405. The van der Waals surface area contributed by atoms with Crippen molar-refractivity contribution in [2.75, 3.05) is 0 Å². The van der Waals surface area contributed by atoms with E-state index in [1.54, 1.807) is 33.0 Å². The Hall–Kier alpha value is -3.98. The Labute approximate surface area is 210 Å². The number of benzene rings is 1. The number of carbonyl (C=O) groups excluding carboxylic acids is 1. The highest BCUT2D eigenvalue weighted by Crippen LogP contribution is 2.29. The maximum Gasteiger partial charge on any atom is 0.375 e. The topological polar surface area (TPSA) is 104 Å². The molecule has 0 saturated heterocycles. The predicted octanol–water partition coefficient (Wildman–Crippen LogP) is 4.64. The van der Waals surface area contributed by atoms with Gasteiger partial charge in [-0.1, -0.05) is 6.08 Å². The molecule has 184 valence electrons. The molecule has 1 aliphatic rings. The average Bonchev–Trinajstić information content (AvgIpc) is 3.18. The van der Waals surface area contributed by atoms with E-state index in [1.807, 2.05) is 37.3 Å². The fourth-order valence-electron chi connectivity index (χ4n) is 4.09. The highest BCUT2D eigenvalue weighted by molar-refractivity contribution is 7.17. The fraction of sp³-hybridized carbons (Fsp3) is 0.259. The first kappa shape index (κ1) is 23.7. The number of aromatic nitrogens is 3. The first-order valence-electron chi connectivity index (χ1n) is 11.5. The molecule has 0 radical (unpaired) electrons. The summed E-state index contributed by atoms with van der Waals surface area (Å²) in [5, 5.41) is 11.3. The normalized spacial score (nSPS) is 14.7. The van der Waals surface area contributed by atoms with E-state index in [9.17, 15) is 14.7 Å². The number of nitrogens with zero attached hydrogens (tertiary/aromatic N) is 3. The Morgan fingerprint density at radius 3 is 2.69 bits per heavy atom. The zero-order chi connectivity index (χ0) is 25.6. The number of allylic oxidation sites excluding steroid dienone is 3. The maximum absolute atomic E-state index is 13.3. The van der Waals surface area contributed by atoms with Crippen LogP contribution in [0.4, 0.5) is 0 Å². The van der Waals surface area contributed by atoms with E-state index in [4.69, 9.17) is 9.47 Å². The van der Waals surface area contributed by atoms with Crippen molar-refractivity contribution < 1.29 is 19.4 Å². The van der Waals surface area contributed by atoms with Gasteiger partial charge in [0.25, 0.3) is 0 Å². The zero-order valence-electron chi connectivity index (χ0n) is 20.4. The van der Waals surface area contributed by atoms with Gasteiger partial charge in [-0.15, -0.1) is 11.3 Å². The van der Waals surface area contributed by atoms with Crippen LogP contribution in [0.1, 0.15) is 39.2 Å². The van der Waals surface area contributed by atoms with Gasteiger partial charge in [-0.25, -0.2) is 14.6 Å². The minimum absolute atomic E-state index is 0.154. The smallest absolute Gasteiger partial charge is 0.375 e. The number of aryl methyl sites for hydroxylation is 1. The lowest BCUT2D eigenvalue weighted by Crippen LogP contribution is -2.27. The molecule has 0 bridgehead atoms. The zero-order valence-corrected chi connectivity index (χ0v) is 21.2. The number of pyridine rings is 1. The molecule has 0 spiro atoms. The second-order valence-electron chi connectivity index (χ2n) is 9.51. The number of carbonyl (C=O) groups is 1. The van der Waals surface area contributed by atoms with Crippen molar-refractivity contribution in [3.8, 4) is 11.4 Å². The first-order chi connectivity index (χ1) is 17.1. The van der Waals surface area contributed by atoms with Gasteiger partial charge in [0, 0.05) is 6.20 Å². The van der Waals surface area contributed by atoms with Crippen LogP contribution in [-0.4, -0.2) is 31.2 Å². The molecule has 3 heterocycles. The third kappa shape index (κ3) is 4.37. The molecule has 9 heteroatoms. The number of thiophene rings is 1. The average molecular weight is 504 g/mol. The van der Waals surface area contributed by atoms with Crippen molar-refractivity contribution in [2.24, 2.45) is 0 Å². The van der Waals surface area contributed by atoms with Crippen molar-refractivity contribution in [1.29, 1.82) is 0 Å². The van der Waals surface area contributed by atoms with Crippen LogP contribution in [0.5, 0.6) is 5.75 Å². The largest absolute Gasteiger partial charge is 0.501 e. The molecular formula is C27H25N3O5S. The summed E-state index contributed by atoms with van der Waals surface area (Å²) in [6, 6.07) is 7.23. The van der Waals surface area contributed by atoms with Crippen molar-refractivity contribution in [1.82, 2.24) is 14.5 Å². The Morgan fingerprint density at radius 1 is 1.19 bits per heavy atom. The molecule has 0 unspecified atom stereocenters. The summed E-state index contributed by atoms with van der Waals surface area (Å²) in [5.74, 6) is -0.00980. The van der Waals surface area contributed by atoms with Gasteiger partial charge in [0.05, 0.1) is 16.6 Å². The predicted molar refractivity (Wildman–Crippen MR) is 139 cm³/mol. The van der Waals surface area contributed by atoms with Gasteiger partial charge >= 0.3 is 11.7 Å². The van der Waals surface area contributed by atoms with Crippen LogP contribution < -0.4 is 15.0 Å². The van der Waals surface area contributed by atoms with E-state index in [1.165, 1.54) is 4.57 Å². The fourth-order valence-corrected chi connectivity index (χ4v) is 5.12. The molecule has 8 nitrogen and oxygen atoms in total. The van der Waals surface area contributed by atoms with Gasteiger partial charge in [0.2, 0.25) is 5.76 Å². The molecule has 0 saturated carbocycles.